The standard InChI is InChI=1S/C21H22N2O5S/c1-13(20(25)22-12-14-3-6-16(27-2)7-4-14)28-21(26)15-5-8-18-17(11-15)23-19(24)9-10-29-18/h3-8,11,13H,9-10,12H2,1-2H3,(H,22,25)(H,23,24)/t13-/m1/s1. The van der Waals surface area contributed by atoms with E-state index in [4.69, 9.17) is 9.47 Å². The molecule has 152 valence electrons. The van der Waals surface area contributed by atoms with Crippen molar-refractivity contribution in [1.29, 1.82) is 0 Å². The van der Waals surface area contributed by atoms with Crippen LogP contribution in [0.3, 0.4) is 0 Å². The van der Waals surface area contributed by atoms with Crippen LogP contribution in [-0.2, 0) is 20.9 Å². The molecule has 1 atom stereocenters. The van der Waals surface area contributed by atoms with E-state index in [2.05, 4.69) is 10.6 Å². The third-order valence-corrected chi connectivity index (χ3v) is 5.43. The molecule has 2 aromatic carbocycles. The van der Waals surface area contributed by atoms with Gasteiger partial charge in [0.25, 0.3) is 5.91 Å². The number of benzene rings is 2. The van der Waals surface area contributed by atoms with E-state index in [1.807, 2.05) is 12.1 Å². The summed E-state index contributed by atoms with van der Waals surface area (Å²) >= 11 is 1.55. The Kier molecular flexibility index (Phi) is 6.77. The van der Waals surface area contributed by atoms with E-state index in [-0.39, 0.29) is 11.5 Å². The molecule has 0 aromatic heterocycles. The van der Waals surface area contributed by atoms with Gasteiger partial charge < -0.3 is 20.1 Å². The second-order valence-corrected chi connectivity index (χ2v) is 7.61. The van der Waals surface area contributed by atoms with Gasteiger partial charge in [0, 0.05) is 23.6 Å². The van der Waals surface area contributed by atoms with Gasteiger partial charge in [0.05, 0.1) is 18.4 Å². The zero-order chi connectivity index (χ0) is 20.8. The quantitative estimate of drug-likeness (QED) is 0.706. The van der Waals surface area contributed by atoms with Crippen molar-refractivity contribution in [3.63, 3.8) is 0 Å². The van der Waals surface area contributed by atoms with Crippen LogP contribution in [0, 0.1) is 0 Å². The molecule has 0 radical (unpaired) electrons. The van der Waals surface area contributed by atoms with E-state index in [0.717, 1.165) is 16.2 Å². The first-order valence-corrected chi connectivity index (χ1v) is 10.1. The molecule has 0 bridgehead atoms. The molecule has 0 spiro atoms. The van der Waals surface area contributed by atoms with Gasteiger partial charge >= 0.3 is 5.97 Å². The predicted octanol–water partition coefficient (Wildman–Crippen LogP) is 2.99. The number of hydrogen-bond donors (Lipinski definition) is 2. The van der Waals surface area contributed by atoms with Crippen LogP contribution >= 0.6 is 11.8 Å². The zero-order valence-corrected chi connectivity index (χ0v) is 17.0. The van der Waals surface area contributed by atoms with Crippen molar-refractivity contribution in [3.05, 3.63) is 53.6 Å². The number of amides is 2. The third-order valence-electron chi connectivity index (χ3n) is 4.35. The van der Waals surface area contributed by atoms with Crippen LogP contribution in [0.4, 0.5) is 5.69 Å². The summed E-state index contributed by atoms with van der Waals surface area (Å²) in [4.78, 5) is 37.3. The molecular formula is C21H22N2O5S. The van der Waals surface area contributed by atoms with Crippen molar-refractivity contribution in [2.75, 3.05) is 18.2 Å². The maximum Gasteiger partial charge on any atom is 0.338 e. The van der Waals surface area contributed by atoms with Crippen molar-refractivity contribution in [1.82, 2.24) is 5.32 Å². The minimum absolute atomic E-state index is 0.0898. The number of carbonyl (C=O) groups is 3. The lowest BCUT2D eigenvalue weighted by molar-refractivity contribution is -0.129. The van der Waals surface area contributed by atoms with E-state index in [9.17, 15) is 14.4 Å². The number of nitrogens with one attached hydrogen (secondary N) is 2. The highest BCUT2D eigenvalue weighted by molar-refractivity contribution is 7.99. The molecule has 1 aliphatic rings. The topological polar surface area (TPSA) is 93.7 Å². The lowest BCUT2D eigenvalue weighted by Gasteiger charge is -2.14. The number of carbonyl (C=O) groups excluding carboxylic acids is 3. The number of fused-ring (bicyclic) bond motifs is 1. The molecule has 0 saturated carbocycles. The summed E-state index contributed by atoms with van der Waals surface area (Å²) in [6.07, 6.45) is -0.534. The van der Waals surface area contributed by atoms with Crippen molar-refractivity contribution in [3.8, 4) is 5.75 Å². The molecule has 0 fully saturated rings. The summed E-state index contributed by atoms with van der Waals surface area (Å²) in [6.45, 7) is 1.83. The first-order chi connectivity index (χ1) is 14.0. The molecule has 1 heterocycles. The summed E-state index contributed by atoms with van der Waals surface area (Å²) in [5.74, 6) is 0.315. The molecule has 2 aromatic rings. The Morgan fingerprint density at radius 3 is 2.69 bits per heavy atom. The lowest BCUT2D eigenvalue weighted by atomic mass is 10.2. The molecule has 0 aliphatic carbocycles. The number of methoxy groups -OCH3 is 1. The SMILES string of the molecule is COc1ccc(CNC(=O)[C@@H](C)OC(=O)c2ccc3c(c2)NC(=O)CCS3)cc1. The number of anilines is 1. The number of esters is 1. The smallest absolute Gasteiger partial charge is 0.338 e. The molecule has 8 heteroatoms. The van der Waals surface area contributed by atoms with Gasteiger partial charge in [-0.3, -0.25) is 9.59 Å². The van der Waals surface area contributed by atoms with Crippen LogP contribution in [0.15, 0.2) is 47.4 Å². The number of thioether (sulfide) groups is 1. The Hall–Kier alpha value is -3.00. The molecule has 0 saturated heterocycles. The average Bonchev–Trinajstić information content (AvgIpc) is 2.91. The van der Waals surface area contributed by atoms with Crippen LogP contribution in [0.2, 0.25) is 0 Å². The second kappa shape index (κ2) is 9.47. The fourth-order valence-corrected chi connectivity index (χ4v) is 3.64. The Labute approximate surface area is 173 Å². The van der Waals surface area contributed by atoms with Gasteiger partial charge in [-0.25, -0.2) is 4.79 Å². The highest BCUT2D eigenvalue weighted by Gasteiger charge is 2.21. The summed E-state index contributed by atoms with van der Waals surface area (Å²) in [5, 5.41) is 5.52. The number of ether oxygens (including phenoxy) is 2. The minimum Gasteiger partial charge on any atom is -0.497 e. The predicted molar refractivity (Wildman–Crippen MR) is 110 cm³/mol. The molecule has 2 amide bonds. The fraction of sp³-hybridized carbons (Fsp3) is 0.286. The monoisotopic (exact) mass is 414 g/mol. The Bertz CT molecular complexity index is 914. The Morgan fingerprint density at radius 2 is 1.97 bits per heavy atom. The maximum atomic E-state index is 12.4. The second-order valence-electron chi connectivity index (χ2n) is 6.47. The lowest BCUT2D eigenvalue weighted by Crippen LogP contribution is -2.35. The highest BCUT2D eigenvalue weighted by atomic mass is 32.2. The van der Waals surface area contributed by atoms with Crippen LogP contribution in [0.5, 0.6) is 5.75 Å². The molecule has 1 aliphatic heterocycles. The first kappa shape index (κ1) is 20.7. The average molecular weight is 414 g/mol. The molecule has 0 unspecified atom stereocenters. The van der Waals surface area contributed by atoms with Gasteiger partial charge in [-0.15, -0.1) is 11.8 Å². The third kappa shape index (κ3) is 5.51. The van der Waals surface area contributed by atoms with Crippen molar-refractivity contribution in [2.24, 2.45) is 0 Å². The van der Waals surface area contributed by atoms with Gasteiger partial charge in [0.15, 0.2) is 6.10 Å². The summed E-state index contributed by atoms with van der Waals surface area (Å²) in [5.41, 5.74) is 1.77. The molecule has 29 heavy (non-hydrogen) atoms. The van der Waals surface area contributed by atoms with Gasteiger partial charge in [-0.05, 0) is 42.8 Å². The van der Waals surface area contributed by atoms with E-state index < -0.39 is 18.0 Å². The van der Waals surface area contributed by atoms with Crippen LogP contribution in [0.25, 0.3) is 0 Å². The molecule has 2 N–H and O–H groups in total. The van der Waals surface area contributed by atoms with E-state index in [1.54, 1.807) is 49.2 Å². The van der Waals surface area contributed by atoms with Crippen molar-refractivity contribution in [2.45, 2.75) is 30.9 Å². The highest BCUT2D eigenvalue weighted by Crippen LogP contribution is 2.31. The molecular weight excluding hydrogens is 392 g/mol. The fourth-order valence-electron chi connectivity index (χ4n) is 2.71. The van der Waals surface area contributed by atoms with Crippen LogP contribution < -0.4 is 15.4 Å². The Balaban J connectivity index is 1.56. The minimum atomic E-state index is -0.955. The molecule has 7 nitrogen and oxygen atoms in total. The zero-order valence-electron chi connectivity index (χ0n) is 16.2. The summed E-state index contributed by atoms with van der Waals surface area (Å²) in [7, 11) is 1.59. The largest absolute Gasteiger partial charge is 0.497 e. The number of hydrogen-bond acceptors (Lipinski definition) is 6. The van der Waals surface area contributed by atoms with Gasteiger partial charge in [-0.2, -0.15) is 0 Å². The summed E-state index contributed by atoms with van der Waals surface area (Å²) < 4.78 is 10.4. The van der Waals surface area contributed by atoms with E-state index in [1.165, 1.54) is 6.92 Å². The number of rotatable bonds is 6. The van der Waals surface area contributed by atoms with Crippen molar-refractivity contribution < 1.29 is 23.9 Å². The van der Waals surface area contributed by atoms with Crippen LogP contribution in [-0.4, -0.2) is 36.8 Å². The van der Waals surface area contributed by atoms with Gasteiger partial charge in [0.2, 0.25) is 5.91 Å². The van der Waals surface area contributed by atoms with Crippen molar-refractivity contribution >= 4 is 35.2 Å². The normalized spacial score (nSPS) is 14.1. The van der Waals surface area contributed by atoms with Crippen LogP contribution in [0.1, 0.15) is 29.3 Å². The van der Waals surface area contributed by atoms with Gasteiger partial charge in [-0.1, -0.05) is 12.1 Å². The Morgan fingerprint density at radius 1 is 1.21 bits per heavy atom. The van der Waals surface area contributed by atoms with Gasteiger partial charge in [0.1, 0.15) is 5.75 Å². The first-order valence-electron chi connectivity index (χ1n) is 9.14. The summed E-state index contributed by atoms with van der Waals surface area (Å²) in [6, 6.07) is 12.3. The van der Waals surface area contributed by atoms with E-state index >= 15 is 0 Å². The molecule has 3 rings (SSSR count). The maximum absolute atomic E-state index is 12.4. The van der Waals surface area contributed by atoms with E-state index in [0.29, 0.717) is 24.4 Å².